The molecule has 1 amide bonds. The number of carboxylic acids is 1. The predicted molar refractivity (Wildman–Crippen MR) is 169 cm³/mol. The van der Waals surface area contributed by atoms with E-state index in [-0.39, 0.29) is 30.5 Å². The van der Waals surface area contributed by atoms with Crippen molar-refractivity contribution >= 4 is 17.6 Å². The minimum Gasteiger partial charge on any atom is -0.496 e. The van der Waals surface area contributed by atoms with E-state index >= 15 is 0 Å². The maximum Gasteiger partial charge on any atom is 0.307 e. The number of para-hydroxylation sites is 1. The molecule has 0 bridgehead atoms. The number of rotatable bonds is 13. The number of carbonyl (C=O) groups excluding carboxylic acids is 1. The highest BCUT2D eigenvalue weighted by Crippen LogP contribution is 2.47. The number of benzene rings is 2. The van der Waals surface area contributed by atoms with Gasteiger partial charge in [-0.15, -0.1) is 0 Å². The van der Waals surface area contributed by atoms with Crippen LogP contribution in [0.5, 0.6) is 17.2 Å². The Kier molecular flexibility index (Phi) is 10.8. The van der Waals surface area contributed by atoms with Gasteiger partial charge in [-0.05, 0) is 104 Å². The first-order valence-electron chi connectivity index (χ1n) is 15.9. The number of aromatic nitrogens is 1. The standard InChI is InChI=1S/C36H44N2O6/c1-3-4-19-38(29-12-8-18-37-23-29)34(39)21-25-14-15-27(11-7-10-26-9-5-6-13-31(26)42-2)35(36(40)41)30(20-25)28-16-17-32-33(22-28)44-24-43-32/h5-6,8-9,12-13,16-18,22-23,25,27,30,35H,3-4,7,10-11,14-15,19-21,24H2,1-2H3,(H,40,41)/t25?,27-,30-,35+/m1/s1. The van der Waals surface area contributed by atoms with Crippen molar-refractivity contribution < 1.29 is 28.9 Å². The summed E-state index contributed by atoms with van der Waals surface area (Å²) in [6.07, 6.45) is 10.4. The lowest BCUT2D eigenvalue weighted by molar-refractivity contribution is -0.144. The van der Waals surface area contributed by atoms with Gasteiger partial charge in [-0.3, -0.25) is 14.6 Å². The smallest absolute Gasteiger partial charge is 0.307 e. The summed E-state index contributed by atoms with van der Waals surface area (Å²) in [4.78, 5) is 33.0. The molecular weight excluding hydrogens is 556 g/mol. The number of hydrogen-bond donors (Lipinski definition) is 1. The molecular formula is C36H44N2O6. The van der Waals surface area contributed by atoms with E-state index in [1.165, 1.54) is 0 Å². The van der Waals surface area contributed by atoms with Crippen LogP contribution >= 0.6 is 0 Å². The SMILES string of the molecule is CCCCN(C(=O)CC1CC[C@@H](CCCc2ccccc2OC)[C@H](C(=O)O)[C@@H](c2ccc3c(c2)OCO3)C1)c1cccnc1. The molecule has 2 heterocycles. The number of nitrogens with zero attached hydrogens (tertiary/aromatic N) is 2. The summed E-state index contributed by atoms with van der Waals surface area (Å²) in [5.41, 5.74) is 2.88. The Labute approximate surface area is 260 Å². The van der Waals surface area contributed by atoms with Crippen LogP contribution in [0, 0.1) is 17.8 Å². The van der Waals surface area contributed by atoms with Crippen LogP contribution in [0.4, 0.5) is 5.69 Å². The number of ether oxygens (including phenoxy) is 3. The predicted octanol–water partition coefficient (Wildman–Crippen LogP) is 7.27. The number of hydrogen-bond acceptors (Lipinski definition) is 6. The van der Waals surface area contributed by atoms with E-state index in [0.717, 1.165) is 67.5 Å². The fourth-order valence-electron chi connectivity index (χ4n) is 7.00. The number of carboxylic acid groups (broad SMARTS) is 1. The number of anilines is 1. The highest BCUT2D eigenvalue weighted by molar-refractivity contribution is 5.93. The van der Waals surface area contributed by atoms with Crippen LogP contribution < -0.4 is 19.1 Å². The molecule has 8 nitrogen and oxygen atoms in total. The summed E-state index contributed by atoms with van der Waals surface area (Å²) in [6, 6.07) is 17.6. The lowest BCUT2D eigenvalue weighted by Gasteiger charge is -2.30. The molecule has 1 fully saturated rings. The third-order valence-electron chi connectivity index (χ3n) is 9.26. The molecule has 1 saturated carbocycles. The molecule has 0 saturated heterocycles. The van der Waals surface area contributed by atoms with Gasteiger partial charge in [0.2, 0.25) is 12.7 Å². The Bertz CT molecular complexity index is 1400. The van der Waals surface area contributed by atoms with Gasteiger partial charge in [0.15, 0.2) is 11.5 Å². The number of fused-ring (bicyclic) bond motifs is 1. The Balaban J connectivity index is 1.39. The number of pyridine rings is 1. The first-order valence-corrected chi connectivity index (χ1v) is 15.9. The van der Waals surface area contributed by atoms with Crippen LogP contribution in [0.2, 0.25) is 0 Å². The molecule has 44 heavy (non-hydrogen) atoms. The molecule has 1 aliphatic heterocycles. The number of aliphatic carboxylic acids is 1. The lowest BCUT2D eigenvalue weighted by atomic mass is 9.74. The van der Waals surface area contributed by atoms with Crippen molar-refractivity contribution in [2.45, 2.75) is 70.6 Å². The topological polar surface area (TPSA) is 98.2 Å². The molecule has 0 radical (unpaired) electrons. The highest BCUT2D eigenvalue weighted by Gasteiger charge is 2.41. The van der Waals surface area contributed by atoms with Crippen molar-refractivity contribution in [3.8, 4) is 17.2 Å². The van der Waals surface area contributed by atoms with Crippen LogP contribution in [0.15, 0.2) is 67.0 Å². The molecule has 1 aliphatic carbocycles. The fourth-order valence-corrected chi connectivity index (χ4v) is 7.00. The van der Waals surface area contributed by atoms with Gasteiger partial charge in [0.1, 0.15) is 5.75 Å². The minimum atomic E-state index is -0.776. The largest absolute Gasteiger partial charge is 0.496 e. The van der Waals surface area contributed by atoms with Gasteiger partial charge in [0, 0.05) is 19.2 Å². The van der Waals surface area contributed by atoms with Crippen molar-refractivity contribution in [1.29, 1.82) is 0 Å². The molecule has 234 valence electrons. The average Bonchev–Trinajstić information content (AvgIpc) is 3.44. The third kappa shape index (κ3) is 7.52. The molecule has 1 aromatic heterocycles. The van der Waals surface area contributed by atoms with E-state index in [4.69, 9.17) is 14.2 Å². The van der Waals surface area contributed by atoms with Gasteiger partial charge in [0.05, 0.1) is 24.9 Å². The van der Waals surface area contributed by atoms with E-state index in [0.29, 0.717) is 30.9 Å². The van der Waals surface area contributed by atoms with Gasteiger partial charge < -0.3 is 24.2 Å². The van der Waals surface area contributed by atoms with Crippen molar-refractivity contribution in [2.24, 2.45) is 17.8 Å². The molecule has 4 atom stereocenters. The summed E-state index contributed by atoms with van der Waals surface area (Å²) >= 11 is 0. The number of unbranched alkanes of at least 4 members (excludes halogenated alkanes) is 1. The first kappa shape index (κ1) is 31.4. The summed E-state index contributed by atoms with van der Waals surface area (Å²) in [7, 11) is 1.68. The lowest BCUT2D eigenvalue weighted by Crippen LogP contribution is -2.33. The summed E-state index contributed by atoms with van der Waals surface area (Å²) in [6.45, 7) is 2.92. The zero-order chi connectivity index (χ0) is 30.9. The zero-order valence-electron chi connectivity index (χ0n) is 25.8. The third-order valence-corrected chi connectivity index (χ3v) is 9.26. The normalized spacial score (nSPS) is 21.0. The monoisotopic (exact) mass is 600 g/mol. The molecule has 1 N–H and O–H groups in total. The second-order valence-electron chi connectivity index (χ2n) is 12.0. The van der Waals surface area contributed by atoms with Gasteiger partial charge >= 0.3 is 5.97 Å². The molecule has 2 aromatic carbocycles. The maximum absolute atomic E-state index is 13.8. The van der Waals surface area contributed by atoms with Crippen LogP contribution in [-0.2, 0) is 16.0 Å². The highest BCUT2D eigenvalue weighted by atomic mass is 16.7. The Morgan fingerprint density at radius 1 is 1.05 bits per heavy atom. The summed E-state index contributed by atoms with van der Waals surface area (Å²) in [5, 5.41) is 10.7. The van der Waals surface area contributed by atoms with Crippen LogP contribution in [-0.4, -0.2) is 42.4 Å². The minimum absolute atomic E-state index is 0.0211. The van der Waals surface area contributed by atoms with E-state index in [2.05, 4.69) is 18.0 Å². The number of aryl methyl sites for hydroxylation is 1. The van der Waals surface area contributed by atoms with Crippen molar-refractivity contribution in [1.82, 2.24) is 4.98 Å². The quantitative estimate of drug-likeness (QED) is 0.206. The van der Waals surface area contributed by atoms with Gasteiger partial charge in [-0.25, -0.2) is 0 Å². The second-order valence-corrected chi connectivity index (χ2v) is 12.0. The first-order chi connectivity index (χ1) is 21.5. The summed E-state index contributed by atoms with van der Waals surface area (Å²) < 4.78 is 16.8. The Morgan fingerprint density at radius 2 is 1.89 bits per heavy atom. The van der Waals surface area contributed by atoms with E-state index < -0.39 is 11.9 Å². The number of amides is 1. The number of carbonyl (C=O) groups is 2. The van der Waals surface area contributed by atoms with Crippen molar-refractivity contribution in [3.63, 3.8) is 0 Å². The average molecular weight is 601 g/mol. The van der Waals surface area contributed by atoms with Crippen LogP contribution in [0.25, 0.3) is 0 Å². The van der Waals surface area contributed by atoms with Crippen molar-refractivity contribution in [3.05, 3.63) is 78.1 Å². The maximum atomic E-state index is 13.8. The summed E-state index contributed by atoms with van der Waals surface area (Å²) in [5.74, 6) is 0.706. The fraction of sp³-hybridized carbons (Fsp3) is 0.472. The zero-order valence-corrected chi connectivity index (χ0v) is 25.8. The van der Waals surface area contributed by atoms with Gasteiger partial charge in [0.25, 0.3) is 0 Å². The van der Waals surface area contributed by atoms with Crippen molar-refractivity contribution in [2.75, 3.05) is 25.3 Å². The molecule has 1 unspecified atom stereocenters. The molecule has 0 spiro atoms. The van der Waals surface area contributed by atoms with E-state index in [1.807, 2.05) is 53.4 Å². The number of methoxy groups -OCH3 is 1. The molecule has 8 heteroatoms. The Morgan fingerprint density at radius 3 is 2.66 bits per heavy atom. The van der Waals surface area contributed by atoms with E-state index in [1.54, 1.807) is 19.5 Å². The van der Waals surface area contributed by atoms with Gasteiger partial charge in [-0.2, -0.15) is 0 Å². The second kappa shape index (κ2) is 15.1. The van der Waals surface area contributed by atoms with Gasteiger partial charge in [-0.1, -0.05) is 37.6 Å². The van der Waals surface area contributed by atoms with E-state index in [9.17, 15) is 14.7 Å². The molecule has 3 aromatic rings. The van der Waals surface area contributed by atoms with Crippen LogP contribution in [0.1, 0.15) is 75.3 Å². The molecule has 5 rings (SSSR count). The Hall–Kier alpha value is -4.07. The molecule has 2 aliphatic rings. The van der Waals surface area contributed by atoms with Crippen LogP contribution in [0.3, 0.4) is 0 Å².